The molecule has 0 saturated heterocycles. The van der Waals surface area contributed by atoms with E-state index in [1.807, 2.05) is 48.7 Å². The fourth-order valence-electron chi connectivity index (χ4n) is 2.56. The average molecular weight is 448 g/mol. The zero-order valence-corrected chi connectivity index (χ0v) is 17.7. The van der Waals surface area contributed by atoms with Crippen LogP contribution in [0.4, 0.5) is 0 Å². The van der Waals surface area contributed by atoms with Crippen molar-refractivity contribution in [3.8, 4) is 23.8 Å². The maximum absolute atomic E-state index is 12.5. The van der Waals surface area contributed by atoms with Gasteiger partial charge in [-0.05, 0) is 48.1 Å². The Labute approximate surface area is 173 Å². The molecule has 142 valence electrons. The SMILES string of the molecule is C#CCOc1ccc(CCNC(=O)C(SC)c2ccc(Br)cc2)cc1OC. The molecule has 0 bridgehead atoms. The van der Waals surface area contributed by atoms with Crippen LogP contribution in [0.3, 0.4) is 0 Å². The Morgan fingerprint density at radius 2 is 2.00 bits per heavy atom. The van der Waals surface area contributed by atoms with Gasteiger partial charge < -0.3 is 14.8 Å². The van der Waals surface area contributed by atoms with Crippen molar-refractivity contribution in [2.75, 3.05) is 26.5 Å². The van der Waals surface area contributed by atoms with Crippen molar-refractivity contribution in [1.29, 1.82) is 0 Å². The molecule has 0 aliphatic rings. The summed E-state index contributed by atoms with van der Waals surface area (Å²) in [4.78, 5) is 12.5. The minimum absolute atomic E-state index is 0.00533. The summed E-state index contributed by atoms with van der Waals surface area (Å²) in [5, 5.41) is 2.78. The van der Waals surface area contributed by atoms with Gasteiger partial charge in [0.2, 0.25) is 5.91 Å². The van der Waals surface area contributed by atoms with Gasteiger partial charge in [0.05, 0.1) is 7.11 Å². The van der Waals surface area contributed by atoms with Gasteiger partial charge in [-0.3, -0.25) is 4.79 Å². The Morgan fingerprint density at radius 1 is 1.26 bits per heavy atom. The van der Waals surface area contributed by atoms with Gasteiger partial charge in [-0.15, -0.1) is 18.2 Å². The molecule has 1 atom stereocenters. The third kappa shape index (κ3) is 6.23. The summed E-state index contributed by atoms with van der Waals surface area (Å²) >= 11 is 4.93. The zero-order chi connectivity index (χ0) is 19.6. The van der Waals surface area contributed by atoms with Gasteiger partial charge in [-0.25, -0.2) is 0 Å². The zero-order valence-electron chi connectivity index (χ0n) is 15.3. The third-order valence-corrected chi connectivity index (χ3v) is 5.38. The quantitative estimate of drug-likeness (QED) is 0.584. The highest BCUT2D eigenvalue weighted by molar-refractivity contribution is 9.10. The Hall–Kier alpha value is -2.10. The smallest absolute Gasteiger partial charge is 0.237 e. The molecule has 0 aliphatic carbocycles. The number of thioether (sulfide) groups is 1. The molecule has 2 aromatic carbocycles. The van der Waals surface area contributed by atoms with Crippen LogP contribution >= 0.6 is 27.7 Å². The van der Waals surface area contributed by atoms with Gasteiger partial charge in [0.1, 0.15) is 11.9 Å². The van der Waals surface area contributed by atoms with Gasteiger partial charge in [-0.1, -0.05) is 40.0 Å². The van der Waals surface area contributed by atoms with E-state index in [4.69, 9.17) is 15.9 Å². The lowest BCUT2D eigenvalue weighted by atomic mass is 10.1. The topological polar surface area (TPSA) is 47.6 Å². The summed E-state index contributed by atoms with van der Waals surface area (Å²) in [7, 11) is 1.59. The summed E-state index contributed by atoms with van der Waals surface area (Å²) in [5.41, 5.74) is 2.03. The lowest BCUT2D eigenvalue weighted by molar-refractivity contribution is -0.120. The van der Waals surface area contributed by atoms with E-state index in [9.17, 15) is 4.79 Å². The number of halogens is 1. The maximum Gasteiger partial charge on any atom is 0.237 e. The highest BCUT2D eigenvalue weighted by atomic mass is 79.9. The van der Waals surface area contributed by atoms with Crippen LogP contribution in [-0.4, -0.2) is 32.4 Å². The Kier molecular flexibility index (Phi) is 8.56. The molecule has 2 aromatic rings. The molecular formula is C21H22BrNO3S. The number of nitrogens with one attached hydrogen (secondary N) is 1. The Balaban J connectivity index is 1.93. The number of carbonyl (C=O) groups is 1. The molecule has 0 spiro atoms. The first kappa shape index (κ1) is 21.2. The summed E-state index contributed by atoms with van der Waals surface area (Å²) in [5.74, 6) is 3.68. The van der Waals surface area contributed by atoms with Crippen LogP contribution in [0.5, 0.6) is 11.5 Å². The number of carbonyl (C=O) groups excluding carboxylic acids is 1. The summed E-state index contributed by atoms with van der Waals surface area (Å²) in [6, 6.07) is 13.5. The van der Waals surface area contributed by atoms with Crippen molar-refractivity contribution in [3.63, 3.8) is 0 Å². The molecule has 4 nitrogen and oxygen atoms in total. The molecule has 27 heavy (non-hydrogen) atoms. The molecule has 6 heteroatoms. The summed E-state index contributed by atoms with van der Waals surface area (Å²) in [6.07, 6.45) is 7.85. The number of methoxy groups -OCH3 is 1. The van der Waals surface area contributed by atoms with Gasteiger partial charge >= 0.3 is 0 Å². The van der Waals surface area contributed by atoms with Crippen LogP contribution in [0.25, 0.3) is 0 Å². The molecule has 0 heterocycles. The average Bonchev–Trinajstić information content (AvgIpc) is 2.68. The first-order valence-electron chi connectivity index (χ1n) is 8.38. The van der Waals surface area contributed by atoms with E-state index in [0.717, 1.165) is 15.6 Å². The van der Waals surface area contributed by atoms with Crippen molar-refractivity contribution in [2.24, 2.45) is 0 Å². The van der Waals surface area contributed by atoms with E-state index in [1.165, 1.54) is 11.8 Å². The first-order valence-corrected chi connectivity index (χ1v) is 10.5. The van der Waals surface area contributed by atoms with Crippen molar-refractivity contribution >= 4 is 33.6 Å². The summed E-state index contributed by atoms with van der Waals surface area (Å²) < 4.78 is 11.8. The number of amides is 1. The predicted molar refractivity (Wildman–Crippen MR) is 114 cm³/mol. The minimum Gasteiger partial charge on any atom is -0.493 e. The number of ether oxygens (including phenoxy) is 2. The Bertz CT molecular complexity index is 802. The normalized spacial score (nSPS) is 11.3. The number of benzene rings is 2. The highest BCUT2D eigenvalue weighted by Crippen LogP contribution is 2.29. The van der Waals surface area contributed by atoms with Gasteiger partial charge in [0.15, 0.2) is 11.5 Å². The number of rotatable bonds is 9. The van der Waals surface area contributed by atoms with Crippen LogP contribution in [-0.2, 0) is 11.2 Å². The van der Waals surface area contributed by atoms with Crippen molar-refractivity contribution in [1.82, 2.24) is 5.32 Å². The lowest BCUT2D eigenvalue weighted by Crippen LogP contribution is -2.29. The standard InChI is InChI=1S/C21H22BrNO3S/c1-4-13-26-18-10-5-15(14-19(18)25-2)11-12-23-21(24)20(27-3)16-6-8-17(22)9-7-16/h1,5-10,14,20H,11-13H2,2-3H3,(H,23,24). The Morgan fingerprint density at radius 3 is 2.63 bits per heavy atom. The number of hydrogen-bond donors (Lipinski definition) is 1. The second-order valence-corrected chi connectivity index (χ2v) is 7.54. The second kappa shape index (κ2) is 10.9. The minimum atomic E-state index is -0.229. The number of hydrogen-bond acceptors (Lipinski definition) is 4. The van der Waals surface area contributed by atoms with Gasteiger partial charge in [0, 0.05) is 11.0 Å². The highest BCUT2D eigenvalue weighted by Gasteiger charge is 2.19. The maximum atomic E-state index is 12.5. The van der Waals surface area contributed by atoms with Crippen molar-refractivity contribution in [2.45, 2.75) is 11.7 Å². The molecular weight excluding hydrogens is 426 g/mol. The molecule has 2 rings (SSSR count). The second-order valence-electron chi connectivity index (χ2n) is 5.69. The van der Waals surface area contributed by atoms with Gasteiger partial charge in [-0.2, -0.15) is 0 Å². The largest absolute Gasteiger partial charge is 0.493 e. The number of terminal acetylenes is 1. The molecule has 0 aromatic heterocycles. The van der Waals surface area contributed by atoms with Crippen LogP contribution in [0.1, 0.15) is 16.4 Å². The van der Waals surface area contributed by atoms with Crippen LogP contribution in [0, 0.1) is 12.3 Å². The lowest BCUT2D eigenvalue weighted by Gasteiger charge is -2.15. The van der Waals surface area contributed by atoms with Crippen molar-refractivity contribution in [3.05, 3.63) is 58.1 Å². The molecule has 1 unspecified atom stereocenters. The molecule has 0 aliphatic heterocycles. The fraction of sp³-hybridized carbons (Fsp3) is 0.286. The molecule has 0 fully saturated rings. The monoisotopic (exact) mass is 447 g/mol. The third-order valence-electron chi connectivity index (χ3n) is 3.90. The molecule has 0 radical (unpaired) electrons. The van der Waals surface area contributed by atoms with E-state index in [-0.39, 0.29) is 17.8 Å². The molecule has 1 amide bonds. The van der Waals surface area contributed by atoms with E-state index in [2.05, 4.69) is 27.2 Å². The molecule has 1 N–H and O–H groups in total. The first-order chi connectivity index (χ1) is 13.1. The molecule has 0 saturated carbocycles. The van der Waals surface area contributed by atoms with E-state index >= 15 is 0 Å². The van der Waals surface area contributed by atoms with E-state index < -0.39 is 0 Å². The van der Waals surface area contributed by atoms with Crippen LogP contribution < -0.4 is 14.8 Å². The van der Waals surface area contributed by atoms with Crippen LogP contribution in [0.2, 0.25) is 0 Å². The van der Waals surface area contributed by atoms with E-state index in [1.54, 1.807) is 7.11 Å². The van der Waals surface area contributed by atoms with E-state index in [0.29, 0.717) is 24.5 Å². The fourth-order valence-corrected chi connectivity index (χ4v) is 3.55. The van der Waals surface area contributed by atoms with Gasteiger partial charge in [0.25, 0.3) is 0 Å². The predicted octanol–water partition coefficient (Wildman–Crippen LogP) is 4.23. The van der Waals surface area contributed by atoms with Crippen LogP contribution in [0.15, 0.2) is 46.9 Å². The summed E-state index contributed by atoms with van der Waals surface area (Å²) in [6.45, 7) is 0.734. The van der Waals surface area contributed by atoms with Crippen molar-refractivity contribution < 1.29 is 14.3 Å².